The van der Waals surface area contributed by atoms with Crippen LogP contribution < -0.4 is 0 Å². The van der Waals surface area contributed by atoms with Gasteiger partial charge in [0.1, 0.15) is 12.1 Å². The molecule has 0 amide bonds. The van der Waals surface area contributed by atoms with Crippen molar-refractivity contribution < 1.29 is 12.8 Å². The highest BCUT2D eigenvalue weighted by molar-refractivity contribution is 7.90. The minimum Gasteiger partial charge on any atom is -0.240 e. The Morgan fingerprint density at radius 1 is 0.912 bits per heavy atom. The predicted molar refractivity (Wildman–Crippen MR) is 132 cm³/mol. The molecule has 6 nitrogen and oxygen atoms in total. The van der Waals surface area contributed by atoms with Crippen LogP contribution in [0.15, 0.2) is 78.1 Å². The Morgan fingerprint density at radius 2 is 1.62 bits per heavy atom. The number of hydrogen-bond donors (Lipinski definition) is 0. The molecule has 0 saturated heterocycles. The van der Waals surface area contributed by atoms with E-state index in [9.17, 15) is 12.8 Å². The number of benzene rings is 2. The Bertz CT molecular complexity index is 1620. The molecular formula is C25H21FN4O2S2. The van der Waals surface area contributed by atoms with E-state index >= 15 is 0 Å². The van der Waals surface area contributed by atoms with Crippen LogP contribution in [0.5, 0.6) is 0 Å². The standard InChI is InChI=1S/C25H21FN4O2S2/c1-25(2,3)24-29-21(17-11-7-8-12-19(17)26)22(33-24)20-18-13-14-30(23(18)28-15-27-20)34(31,32)16-9-5-4-6-10-16/h4-15H,1-3H3. The molecule has 0 unspecified atom stereocenters. The molecule has 9 heteroatoms. The van der Waals surface area contributed by atoms with E-state index in [0.29, 0.717) is 27.2 Å². The van der Waals surface area contributed by atoms with Crippen LogP contribution in [0.2, 0.25) is 0 Å². The van der Waals surface area contributed by atoms with Crippen LogP contribution in [0.25, 0.3) is 32.9 Å². The van der Waals surface area contributed by atoms with Gasteiger partial charge in [-0.05, 0) is 30.3 Å². The molecule has 3 heterocycles. The average molecular weight is 493 g/mol. The third kappa shape index (κ3) is 3.70. The van der Waals surface area contributed by atoms with Crippen molar-refractivity contribution in [3.8, 4) is 21.8 Å². The Morgan fingerprint density at radius 3 is 2.32 bits per heavy atom. The second kappa shape index (κ2) is 8.11. The largest absolute Gasteiger partial charge is 0.269 e. The number of hydrogen-bond acceptors (Lipinski definition) is 6. The first-order valence-corrected chi connectivity index (χ1v) is 12.8. The van der Waals surface area contributed by atoms with Gasteiger partial charge in [0.05, 0.1) is 26.2 Å². The van der Waals surface area contributed by atoms with Gasteiger partial charge in [0.25, 0.3) is 10.0 Å². The lowest BCUT2D eigenvalue weighted by atomic mass is 9.98. The zero-order chi connectivity index (χ0) is 24.1. The first kappa shape index (κ1) is 22.4. The van der Waals surface area contributed by atoms with Gasteiger partial charge in [0, 0.05) is 22.6 Å². The highest BCUT2D eigenvalue weighted by atomic mass is 32.2. The summed E-state index contributed by atoms with van der Waals surface area (Å²) in [5.74, 6) is -0.385. The molecule has 3 aromatic heterocycles. The van der Waals surface area contributed by atoms with E-state index in [1.54, 1.807) is 54.6 Å². The number of aromatic nitrogens is 4. The smallest absolute Gasteiger partial charge is 0.240 e. The summed E-state index contributed by atoms with van der Waals surface area (Å²) in [6, 6.07) is 16.3. The van der Waals surface area contributed by atoms with E-state index in [0.717, 1.165) is 8.98 Å². The fourth-order valence-corrected chi connectivity index (χ4v) is 6.12. The van der Waals surface area contributed by atoms with Gasteiger partial charge in [-0.2, -0.15) is 0 Å². The summed E-state index contributed by atoms with van der Waals surface area (Å²) >= 11 is 1.42. The van der Waals surface area contributed by atoms with E-state index in [4.69, 9.17) is 4.98 Å². The number of halogens is 1. The van der Waals surface area contributed by atoms with Crippen LogP contribution in [0, 0.1) is 5.82 Å². The first-order chi connectivity index (χ1) is 16.2. The van der Waals surface area contributed by atoms with Crippen LogP contribution in [-0.2, 0) is 15.4 Å². The van der Waals surface area contributed by atoms with E-state index in [1.165, 1.54) is 29.9 Å². The number of thiazole rings is 1. The third-order valence-corrected chi connectivity index (χ3v) is 8.53. The maximum Gasteiger partial charge on any atom is 0.269 e. The maximum absolute atomic E-state index is 14.8. The third-order valence-electron chi connectivity index (χ3n) is 5.36. The molecule has 2 aromatic carbocycles. The van der Waals surface area contributed by atoms with Crippen molar-refractivity contribution in [2.45, 2.75) is 31.1 Å². The summed E-state index contributed by atoms with van der Waals surface area (Å²) in [4.78, 5) is 14.4. The van der Waals surface area contributed by atoms with Gasteiger partial charge >= 0.3 is 0 Å². The number of nitrogens with zero attached hydrogens (tertiary/aromatic N) is 4. The van der Waals surface area contributed by atoms with Gasteiger partial charge in [0.2, 0.25) is 0 Å². The normalized spacial score (nSPS) is 12.4. The molecule has 5 aromatic rings. The Hall–Kier alpha value is -3.43. The van der Waals surface area contributed by atoms with E-state index in [-0.39, 0.29) is 21.8 Å². The quantitative estimate of drug-likeness (QED) is 0.312. The topological polar surface area (TPSA) is 77.7 Å². The minimum atomic E-state index is -3.85. The van der Waals surface area contributed by atoms with Crippen molar-refractivity contribution in [1.82, 2.24) is 18.9 Å². The van der Waals surface area contributed by atoms with Gasteiger partial charge in [-0.25, -0.2) is 31.7 Å². The Kier molecular flexibility index (Phi) is 5.33. The molecule has 34 heavy (non-hydrogen) atoms. The van der Waals surface area contributed by atoms with Crippen molar-refractivity contribution in [2.75, 3.05) is 0 Å². The predicted octanol–water partition coefficient (Wildman–Crippen LogP) is 5.90. The summed E-state index contributed by atoms with van der Waals surface area (Å²) < 4.78 is 42.5. The summed E-state index contributed by atoms with van der Waals surface area (Å²) in [6.45, 7) is 6.12. The van der Waals surface area contributed by atoms with Crippen LogP contribution in [0.4, 0.5) is 4.39 Å². The van der Waals surface area contributed by atoms with Crippen LogP contribution >= 0.6 is 11.3 Å². The van der Waals surface area contributed by atoms with E-state index in [2.05, 4.69) is 9.97 Å². The summed E-state index contributed by atoms with van der Waals surface area (Å²) in [7, 11) is -3.85. The Labute approximate surface area is 200 Å². The molecule has 0 aliphatic heterocycles. The fraction of sp³-hybridized carbons (Fsp3) is 0.160. The SMILES string of the molecule is CC(C)(C)c1nc(-c2ccccc2F)c(-c2ncnc3c2ccn3S(=O)(=O)c2ccccc2)s1. The summed E-state index contributed by atoms with van der Waals surface area (Å²) in [5, 5.41) is 1.37. The number of fused-ring (bicyclic) bond motifs is 1. The van der Waals surface area contributed by atoms with Crippen molar-refractivity contribution in [3.63, 3.8) is 0 Å². The molecule has 0 fully saturated rings. The molecule has 0 spiro atoms. The molecule has 0 saturated carbocycles. The minimum absolute atomic E-state index is 0.160. The first-order valence-electron chi connectivity index (χ1n) is 10.6. The maximum atomic E-state index is 14.8. The molecule has 5 rings (SSSR count). The Balaban J connectivity index is 1.76. The molecule has 0 aliphatic carbocycles. The fourth-order valence-electron chi connectivity index (χ4n) is 3.65. The molecule has 0 radical (unpaired) electrons. The van der Waals surface area contributed by atoms with Crippen molar-refractivity contribution in [1.29, 1.82) is 0 Å². The van der Waals surface area contributed by atoms with E-state index < -0.39 is 10.0 Å². The van der Waals surface area contributed by atoms with Gasteiger partial charge in [0.15, 0.2) is 5.65 Å². The molecule has 0 aliphatic rings. The lowest BCUT2D eigenvalue weighted by molar-refractivity contribution is 0.585. The average Bonchev–Trinajstić information content (AvgIpc) is 3.45. The van der Waals surface area contributed by atoms with Crippen molar-refractivity contribution in [3.05, 3.63) is 84.0 Å². The lowest BCUT2D eigenvalue weighted by Crippen LogP contribution is -2.12. The van der Waals surface area contributed by atoms with Crippen molar-refractivity contribution >= 4 is 32.4 Å². The summed E-state index contributed by atoms with van der Waals surface area (Å²) in [5.41, 5.74) is 1.34. The van der Waals surface area contributed by atoms with Crippen LogP contribution in [0.3, 0.4) is 0 Å². The second-order valence-corrected chi connectivity index (χ2v) is 11.6. The van der Waals surface area contributed by atoms with Crippen LogP contribution in [-0.4, -0.2) is 27.3 Å². The zero-order valence-corrected chi connectivity index (χ0v) is 20.4. The van der Waals surface area contributed by atoms with Crippen LogP contribution in [0.1, 0.15) is 25.8 Å². The van der Waals surface area contributed by atoms with Gasteiger partial charge in [-0.1, -0.05) is 51.1 Å². The highest BCUT2D eigenvalue weighted by Crippen LogP contribution is 2.42. The monoisotopic (exact) mass is 492 g/mol. The second-order valence-electron chi connectivity index (χ2n) is 8.82. The molecule has 172 valence electrons. The zero-order valence-electron chi connectivity index (χ0n) is 18.7. The van der Waals surface area contributed by atoms with Gasteiger partial charge < -0.3 is 0 Å². The molecule has 0 bridgehead atoms. The molecule has 0 N–H and O–H groups in total. The van der Waals surface area contributed by atoms with Crippen molar-refractivity contribution in [2.24, 2.45) is 0 Å². The van der Waals surface area contributed by atoms with Gasteiger partial charge in [-0.15, -0.1) is 11.3 Å². The lowest BCUT2D eigenvalue weighted by Gasteiger charge is -2.13. The molecule has 0 atom stereocenters. The summed E-state index contributed by atoms with van der Waals surface area (Å²) in [6.07, 6.45) is 2.80. The van der Waals surface area contributed by atoms with Gasteiger partial charge in [-0.3, -0.25) is 0 Å². The molecular weight excluding hydrogens is 471 g/mol. The highest BCUT2D eigenvalue weighted by Gasteiger charge is 2.27. The number of rotatable bonds is 4. The van der Waals surface area contributed by atoms with E-state index in [1.807, 2.05) is 20.8 Å².